The fourth-order valence-electron chi connectivity index (χ4n) is 1.29. The molecule has 17 heavy (non-hydrogen) atoms. The van der Waals surface area contributed by atoms with Crippen molar-refractivity contribution < 1.29 is 13.2 Å². The third-order valence-corrected chi connectivity index (χ3v) is 4.22. The van der Waals surface area contributed by atoms with Gasteiger partial charge in [-0.1, -0.05) is 12.1 Å². The van der Waals surface area contributed by atoms with Gasteiger partial charge < -0.3 is 4.74 Å². The van der Waals surface area contributed by atoms with E-state index in [2.05, 4.69) is 0 Å². The zero-order valence-corrected chi connectivity index (χ0v) is 10.6. The minimum Gasteiger partial charge on any atom is -0.383 e. The zero-order chi connectivity index (χ0) is 12.9. The van der Waals surface area contributed by atoms with Gasteiger partial charge in [-0.3, -0.25) is 0 Å². The molecule has 1 rings (SSSR count). The van der Waals surface area contributed by atoms with E-state index >= 15 is 0 Å². The van der Waals surface area contributed by atoms with Gasteiger partial charge in [-0.2, -0.15) is 9.57 Å². The van der Waals surface area contributed by atoms with Crippen LogP contribution in [0.1, 0.15) is 5.56 Å². The highest BCUT2D eigenvalue weighted by Gasteiger charge is 2.23. The van der Waals surface area contributed by atoms with E-state index in [9.17, 15) is 8.42 Å². The molecule has 0 amide bonds. The molecule has 5 nitrogen and oxygen atoms in total. The van der Waals surface area contributed by atoms with Crippen LogP contribution in [0.2, 0.25) is 0 Å². The quantitative estimate of drug-likeness (QED) is 0.780. The van der Waals surface area contributed by atoms with E-state index in [1.165, 1.54) is 30.6 Å². The van der Waals surface area contributed by atoms with E-state index in [0.717, 1.165) is 0 Å². The first-order valence-electron chi connectivity index (χ1n) is 4.98. The number of ether oxygens (including phenoxy) is 1. The van der Waals surface area contributed by atoms with E-state index in [-0.39, 0.29) is 17.0 Å². The number of nitriles is 1. The van der Waals surface area contributed by atoms with Gasteiger partial charge in [0.2, 0.25) is 10.0 Å². The fourth-order valence-corrected chi connectivity index (χ4v) is 2.58. The van der Waals surface area contributed by atoms with Gasteiger partial charge in [0.15, 0.2) is 0 Å². The maximum Gasteiger partial charge on any atom is 0.244 e. The summed E-state index contributed by atoms with van der Waals surface area (Å²) >= 11 is 0. The molecule has 0 unspecified atom stereocenters. The number of likely N-dealkylation sites (N-methyl/N-ethyl adjacent to an activating group) is 1. The molecule has 0 atom stereocenters. The second kappa shape index (κ2) is 5.77. The molecule has 0 aliphatic rings. The lowest BCUT2D eigenvalue weighted by molar-refractivity contribution is 0.185. The van der Waals surface area contributed by atoms with E-state index < -0.39 is 10.0 Å². The Hall–Kier alpha value is -1.42. The third-order valence-electron chi connectivity index (χ3n) is 2.31. The van der Waals surface area contributed by atoms with Gasteiger partial charge >= 0.3 is 0 Å². The van der Waals surface area contributed by atoms with E-state index in [0.29, 0.717) is 6.61 Å². The van der Waals surface area contributed by atoms with Crippen LogP contribution in [0.4, 0.5) is 0 Å². The summed E-state index contributed by atoms with van der Waals surface area (Å²) in [5, 5.41) is 8.88. The number of rotatable bonds is 5. The molecule has 0 aromatic heterocycles. The highest BCUT2D eigenvalue weighted by atomic mass is 32.2. The minimum absolute atomic E-state index is 0.0288. The summed E-state index contributed by atoms with van der Waals surface area (Å²) in [4.78, 5) is 0.0288. The smallest absolute Gasteiger partial charge is 0.244 e. The Balaban J connectivity index is 3.10. The Bertz CT molecular complexity index is 520. The molecule has 6 heteroatoms. The second-order valence-corrected chi connectivity index (χ2v) is 5.44. The molecule has 0 aliphatic heterocycles. The van der Waals surface area contributed by atoms with Crippen LogP contribution in [0.3, 0.4) is 0 Å². The third kappa shape index (κ3) is 3.03. The first-order chi connectivity index (χ1) is 8.04. The fraction of sp³-hybridized carbons (Fsp3) is 0.364. The Morgan fingerprint density at radius 2 is 2.06 bits per heavy atom. The van der Waals surface area contributed by atoms with Crippen LogP contribution in [0.15, 0.2) is 29.2 Å². The maximum absolute atomic E-state index is 12.1. The molecule has 0 N–H and O–H groups in total. The van der Waals surface area contributed by atoms with Gasteiger partial charge in [0.25, 0.3) is 0 Å². The molecule has 0 bridgehead atoms. The Morgan fingerprint density at radius 1 is 1.41 bits per heavy atom. The second-order valence-electron chi connectivity index (χ2n) is 3.43. The summed E-state index contributed by atoms with van der Waals surface area (Å²) in [5.41, 5.74) is 0.150. The summed E-state index contributed by atoms with van der Waals surface area (Å²) < 4.78 is 30.3. The van der Waals surface area contributed by atoms with Crippen molar-refractivity contribution in [1.29, 1.82) is 5.26 Å². The van der Waals surface area contributed by atoms with Gasteiger partial charge in [0.1, 0.15) is 6.07 Å². The first-order valence-corrected chi connectivity index (χ1v) is 6.42. The van der Waals surface area contributed by atoms with Crippen molar-refractivity contribution in [2.24, 2.45) is 0 Å². The number of sulfonamides is 1. The normalized spacial score (nSPS) is 11.4. The van der Waals surface area contributed by atoms with Crippen molar-refractivity contribution in [1.82, 2.24) is 4.31 Å². The average molecular weight is 254 g/mol. The van der Waals surface area contributed by atoms with Crippen LogP contribution in [0, 0.1) is 11.3 Å². The number of benzene rings is 1. The molecule has 0 fully saturated rings. The molecule has 92 valence electrons. The summed E-state index contributed by atoms with van der Waals surface area (Å²) in [5.74, 6) is 0. The van der Waals surface area contributed by atoms with Crippen molar-refractivity contribution in [3.63, 3.8) is 0 Å². The summed E-state index contributed by atoms with van der Waals surface area (Å²) in [7, 11) is -0.659. The highest BCUT2D eigenvalue weighted by Crippen LogP contribution is 2.18. The topological polar surface area (TPSA) is 70.4 Å². The number of methoxy groups -OCH3 is 1. The number of nitrogens with zero attached hydrogens (tertiary/aromatic N) is 2. The minimum atomic E-state index is -3.62. The standard InChI is InChI=1S/C11H14N2O3S/c1-13(7-8-16-2)17(14,15)11-6-4-3-5-10(11)9-12/h3-6H,7-8H2,1-2H3. The summed E-state index contributed by atoms with van der Waals surface area (Å²) in [6, 6.07) is 8.01. The molecule has 0 saturated carbocycles. The van der Waals surface area contributed by atoms with Gasteiger partial charge in [-0.25, -0.2) is 8.42 Å². The lowest BCUT2D eigenvalue weighted by Crippen LogP contribution is -2.30. The maximum atomic E-state index is 12.1. The predicted molar refractivity (Wildman–Crippen MR) is 62.8 cm³/mol. The van der Waals surface area contributed by atoms with Gasteiger partial charge in [-0.05, 0) is 12.1 Å². The summed E-state index contributed by atoms with van der Waals surface area (Å²) in [6.45, 7) is 0.559. The Kier molecular flexibility index (Phi) is 4.63. The van der Waals surface area contributed by atoms with Crippen LogP contribution < -0.4 is 0 Å². The molecule has 0 saturated heterocycles. The molecular formula is C11H14N2O3S. The van der Waals surface area contributed by atoms with Gasteiger partial charge in [0, 0.05) is 20.7 Å². The van der Waals surface area contributed by atoms with Crippen molar-refractivity contribution in [3.8, 4) is 6.07 Å². The first kappa shape index (κ1) is 13.6. The van der Waals surface area contributed by atoms with Crippen molar-refractivity contribution in [2.75, 3.05) is 27.3 Å². The SMILES string of the molecule is COCCN(C)S(=O)(=O)c1ccccc1C#N. The van der Waals surface area contributed by atoms with Crippen LogP contribution in [0.25, 0.3) is 0 Å². The molecule has 1 aromatic carbocycles. The summed E-state index contributed by atoms with van der Waals surface area (Å²) in [6.07, 6.45) is 0. The van der Waals surface area contributed by atoms with E-state index in [1.54, 1.807) is 12.1 Å². The van der Waals surface area contributed by atoms with Gasteiger partial charge in [-0.15, -0.1) is 0 Å². The van der Waals surface area contributed by atoms with Crippen molar-refractivity contribution >= 4 is 10.0 Å². The number of hydrogen-bond acceptors (Lipinski definition) is 4. The zero-order valence-electron chi connectivity index (χ0n) is 9.75. The lowest BCUT2D eigenvalue weighted by Gasteiger charge is -2.17. The molecule has 0 aliphatic carbocycles. The van der Waals surface area contributed by atoms with Crippen LogP contribution in [0.5, 0.6) is 0 Å². The predicted octanol–water partition coefficient (Wildman–Crippen LogP) is 0.825. The lowest BCUT2D eigenvalue weighted by atomic mass is 10.2. The Labute approximate surface area is 101 Å². The molecule has 0 radical (unpaired) electrons. The van der Waals surface area contributed by atoms with Crippen LogP contribution >= 0.6 is 0 Å². The Morgan fingerprint density at radius 3 is 2.65 bits per heavy atom. The molecule has 0 spiro atoms. The van der Waals surface area contributed by atoms with E-state index in [4.69, 9.17) is 10.00 Å². The van der Waals surface area contributed by atoms with E-state index in [1.807, 2.05) is 6.07 Å². The van der Waals surface area contributed by atoms with Crippen molar-refractivity contribution in [3.05, 3.63) is 29.8 Å². The number of hydrogen-bond donors (Lipinski definition) is 0. The largest absolute Gasteiger partial charge is 0.383 e. The van der Waals surface area contributed by atoms with Gasteiger partial charge in [0.05, 0.1) is 17.1 Å². The molecule has 0 heterocycles. The average Bonchev–Trinajstić information content (AvgIpc) is 2.35. The van der Waals surface area contributed by atoms with Crippen molar-refractivity contribution in [2.45, 2.75) is 4.90 Å². The van der Waals surface area contributed by atoms with Crippen LogP contribution in [-0.2, 0) is 14.8 Å². The molecular weight excluding hydrogens is 240 g/mol. The molecule has 1 aromatic rings. The van der Waals surface area contributed by atoms with Crippen LogP contribution in [-0.4, -0.2) is 40.0 Å². The highest BCUT2D eigenvalue weighted by molar-refractivity contribution is 7.89. The monoisotopic (exact) mass is 254 g/mol.